The fourth-order valence-corrected chi connectivity index (χ4v) is 3.34. The molecule has 1 saturated carbocycles. The third-order valence-electron chi connectivity index (χ3n) is 4.59. The third-order valence-corrected chi connectivity index (χ3v) is 4.59. The molecular weight excluding hydrogens is 247 g/mol. The predicted molar refractivity (Wildman–Crippen MR) is 85.0 cm³/mol. The minimum absolute atomic E-state index is 0.161. The second kappa shape index (κ2) is 8.24. The van der Waals surface area contributed by atoms with Gasteiger partial charge in [0.2, 0.25) is 0 Å². The Morgan fingerprint density at radius 2 is 1.60 bits per heavy atom. The molecule has 110 valence electrons. The van der Waals surface area contributed by atoms with Crippen LogP contribution in [0.2, 0.25) is 0 Å². The molecule has 1 fully saturated rings. The highest BCUT2D eigenvalue weighted by Gasteiger charge is 2.19. The molecule has 0 atom stereocenters. The first-order chi connectivity index (χ1) is 9.78. The van der Waals surface area contributed by atoms with E-state index < -0.39 is 0 Å². The summed E-state index contributed by atoms with van der Waals surface area (Å²) < 4.78 is 12.8. The minimum atomic E-state index is -0.161. The van der Waals surface area contributed by atoms with Gasteiger partial charge in [0.05, 0.1) is 0 Å². The van der Waals surface area contributed by atoms with Gasteiger partial charge < -0.3 is 0 Å². The van der Waals surface area contributed by atoms with Crippen molar-refractivity contribution in [2.24, 2.45) is 11.8 Å². The van der Waals surface area contributed by atoms with Crippen molar-refractivity contribution in [3.8, 4) is 0 Å². The van der Waals surface area contributed by atoms with Crippen molar-refractivity contribution in [2.45, 2.75) is 58.3 Å². The molecule has 0 spiro atoms. The van der Waals surface area contributed by atoms with E-state index in [1.54, 1.807) is 0 Å². The summed E-state index contributed by atoms with van der Waals surface area (Å²) in [5, 5.41) is 0. The lowest BCUT2D eigenvalue weighted by Gasteiger charge is -2.28. The molecule has 1 aliphatic carbocycles. The predicted octanol–water partition coefficient (Wildman–Crippen LogP) is 6.23. The normalized spacial score (nSPS) is 23.3. The highest BCUT2D eigenvalue weighted by molar-refractivity contribution is 5.48. The van der Waals surface area contributed by atoms with E-state index in [1.165, 1.54) is 57.1 Å². The average Bonchev–Trinajstić information content (AvgIpc) is 2.47. The van der Waals surface area contributed by atoms with Gasteiger partial charge in [-0.25, -0.2) is 4.39 Å². The van der Waals surface area contributed by atoms with Gasteiger partial charge in [-0.15, -0.1) is 0 Å². The maximum atomic E-state index is 12.8. The number of hydrogen-bond donors (Lipinski definition) is 0. The van der Waals surface area contributed by atoms with Gasteiger partial charge in [0.1, 0.15) is 5.82 Å². The van der Waals surface area contributed by atoms with E-state index in [1.807, 2.05) is 12.1 Å². The van der Waals surface area contributed by atoms with E-state index in [0.29, 0.717) is 0 Å². The zero-order chi connectivity index (χ0) is 14.2. The van der Waals surface area contributed by atoms with E-state index in [4.69, 9.17) is 0 Å². The Hall–Kier alpha value is -1.11. The van der Waals surface area contributed by atoms with Gasteiger partial charge in [-0.05, 0) is 42.4 Å². The van der Waals surface area contributed by atoms with Crippen molar-refractivity contribution in [1.29, 1.82) is 0 Å². The first kappa shape index (κ1) is 15.3. The molecule has 0 bridgehead atoms. The number of benzene rings is 1. The van der Waals surface area contributed by atoms with Crippen molar-refractivity contribution >= 4 is 6.08 Å². The van der Waals surface area contributed by atoms with Crippen LogP contribution in [0.25, 0.3) is 6.08 Å². The molecule has 0 radical (unpaired) electrons. The fourth-order valence-electron chi connectivity index (χ4n) is 3.34. The topological polar surface area (TPSA) is 0 Å². The zero-order valence-electron chi connectivity index (χ0n) is 12.7. The molecule has 2 rings (SSSR count). The molecule has 20 heavy (non-hydrogen) atoms. The van der Waals surface area contributed by atoms with E-state index in [2.05, 4.69) is 19.1 Å². The summed E-state index contributed by atoms with van der Waals surface area (Å²) in [5.74, 6) is 1.78. The SMILES string of the molecule is CCCC1CCC(CC/C=C\c2ccc(F)cc2)CC1. The highest BCUT2D eigenvalue weighted by Crippen LogP contribution is 2.33. The molecule has 0 amide bonds. The molecule has 0 N–H and O–H groups in total. The Bertz CT molecular complexity index is 396. The molecule has 1 aromatic carbocycles. The van der Waals surface area contributed by atoms with Crippen molar-refractivity contribution < 1.29 is 4.39 Å². The van der Waals surface area contributed by atoms with Crippen LogP contribution < -0.4 is 0 Å². The quantitative estimate of drug-likeness (QED) is 0.577. The summed E-state index contributed by atoms with van der Waals surface area (Å²) >= 11 is 0. The van der Waals surface area contributed by atoms with Crippen molar-refractivity contribution in [3.05, 3.63) is 41.7 Å². The van der Waals surface area contributed by atoms with E-state index in [0.717, 1.165) is 23.8 Å². The maximum absolute atomic E-state index is 12.8. The fraction of sp³-hybridized carbons (Fsp3) is 0.579. The Morgan fingerprint density at radius 1 is 1.00 bits per heavy atom. The minimum Gasteiger partial charge on any atom is -0.207 e. The van der Waals surface area contributed by atoms with Gasteiger partial charge in [-0.1, -0.05) is 69.7 Å². The molecule has 1 aliphatic rings. The van der Waals surface area contributed by atoms with Crippen LogP contribution in [-0.2, 0) is 0 Å². The van der Waals surface area contributed by atoms with Crippen LogP contribution >= 0.6 is 0 Å². The summed E-state index contributed by atoms with van der Waals surface area (Å²) in [5.41, 5.74) is 1.10. The summed E-state index contributed by atoms with van der Waals surface area (Å²) in [6, 6.07) is 6.72. The molecule has 0 heterocycles. The van der Waals surface area contributed by atoms with E-state index in [-0.39, 0.29) is 5.82 Å². The Morgan fingerprint density at radius 3 is 2.20 bits per heavy atom. The first-order valence-electron chi connectivity index (χ1n) is 8.20. The van der Waals surface area contributed by atoms with Gasteiger partial charge in [0.15, 0.2) is 0 Å². The lowest BCUT2D eigenvalue weighted by atomic mass is 9.78. The van der Waals surface area contributed by atoms with Crippen molar-refractivity contribution in [2.75, 3.05) is 0 Å². The van der Waals surface area contributed by atoms with Gasteiger partial charge in [0.25, 0.3) is 0 Å². The first-order valence-corrected chi connectivity index (χ1v) is 8.20. The summed E-state index contributed by atoms with van der Waals surface area (Å²) in [7, 11) is 0. The lowest BCUT2D eigenvalue weighted by Crippen LogP contribution is -2.14. The van der Waals surface area contributed by atoms with Crippen LogP contribution in [0.5, 0.6) is 0 Å². The standard InChI is InChI=1S/C19H27F/c1-2-5-16-8-10-17(11-9-16)6-3-4-7-18-12-14-19(20)15-13-18/h4,7,12-17H,2-3,5-6,8-11H2,1H3/b7-4-. The third kappa shape index (κ3) is 5.11. The molecule has 0 saturated heterocycles. The molecule has 0 unspecified atom stereocenters. The average molecular weight is 274 g/mol. The maximum Gasteiger partial charge on any atom is 0.123 e. The van der Waals surface area contributed by atoms with Gasteiger partial charge in [-0.2, -0.15) is 0 Å². The second-order valence-corrected chi connectivity index (χ2v) is 6.21. The molecule has 0 nitrogen and oxygen atoms in total. The monoisotopic (exact) mass is 274 g/mol. The van der Waals surface area contributed by atoms with Crippen molar-refractivity contribution in [3.63, 3.8) is 0 Å². The molecule has 1 heteroatoms. The number of halogens is 1. The molecule has 0 aliphatic heterocycles. The smallest absolute Gasteiger partial charge is 0.123 e. The highest BCUT2D eigenvalue weighted by atomic mass is 19.1. The molecule has 0 aromatic heterocycles. The Labute approximate surface area is 123 Å². The number of allylic oxidation sites excluding steroid dienone is 1. The van der Waals surface area contributed by atoms with Gasteiger partial charge >= 0.3 is 0 Å². The molecule has 1 aromatic rings. The van der Waals surface area contributed by atoms with Crippen LogP contribution in [-0.4, -0.2) is 0 Å². The van der Waals surface area contributed by atoms with Crippen LogP contribution in [0.15, 0.2) is 30.3 Å². The Balaban J connectivity index is 1.65. The number of hydrogen-bond acceptors (Lipinski definition) is 0. The van der Waals surface area contributed by atoms with Crippen LogP contribution in [0, 0.1) is 17.7 Å². The summed E-state index contributed by atoms with van der Waals surface area (Å²) in [4.78, 5) is 0. The Kier molecular flexibility index (Phi) is 6.29. The van der Waals surface area contributed by atoms with Gasteiger partial charge in [0, 0.05) is 0 Å². The van der Waals surface area contributed by atoms with Crippen LogP contribution in [0.1, 0.15) is 63.9 Å². The zero-order valence-corrected chi connectivity index (χ0v) is 12.7. The molecular formula is C19H27F. The van der Waals surface area contributed by atoms with E-state index >= 15 is 0 Å². The summed E-state index contributed by atoms with van der Waals surface area (Å²) in [6.07, 6.45) is 15.3. The summed E-state index contributed by atoms with van der Waals surface area (Å²) in [6.45, 7) is 2.30. The number of rotatable bonds is 6. The van der Waals surface area contributed by atoms with Crippen molar-refractivity contribution in [1.82, 2.24) is 0 Å². The van der Waals surface area contributed by atoms with E-state index in [9.17, 15) is 4.39 Å². The lowest BCUT2D eigenvalue weighted by molar-refractivity contribution is 0.253. The van der Waals surface area contributed by atoms with Crippen LogP contribution in [0.3, 0.4) is 0 Å². The second-order valence-electron chi connectivity index (χ2n) is 6.21. The van der Waals surface area contributed by atoms with Crippen LogP contribution in [0.4, 0.5) is 4.39 Å². The van der Waals surface area contributed by atoms with Gasteiger partial charge in [-0.3, -0.25) is 0 Å². The largest absolute Gasteiger partial charge is 0.207 e.